The van der Waals surface area contributed by atoms with Crippen LogP contribution in [0.5, 0.6) is 5.88 Å². The highest BCUT2D eigenvalue weighted by atomic mass is 19.1. The molecule has 0 spiro atoms. The van der Waals surface area contributed by atoms with Crippen molar-refractivity contribution in [2.24, 2.45) is 16.0 Å². The van der Waals surface area contributed by atoms with Crippen molar-refractivity contribution in [3.63, 3.8) is 0 Å². The number of aliphatic imine (C=N–C) groups is 1. The Bertz CT molecular complexity index is 1280. The molecule has 0 saturated carbocycles. The Morgan fingerprint density at radius 2 is 2.11 bits per heavy atom. The number of hydrazone groups is 1. The van der Waals surface area contributed by atoms with Crippen LogP contribution in [0.2, 0.25) is 0 Å². The Labute approximate surface area is 206 Å². The molecule has 3 N–H and O–H groups in total. The zero-order valence-electron chi connectivity index (χ0n) is 19.6. The second kappa shape index (κ2) is 9.64. The van der Waals surface area contributed by atoms with Gasteiger partial charge in [-0.3, -0.25) is 15.1 Å². The van der Waals surface area contributed by atoms with Gasteiger partial charge in [-0.1, -0.05) is 12.1 Å². The molecule has 2 unspecified atom stereocenters. The number of carbonyl (C=O) groups excluding carboxylic acids is 2. The Morgan fingerprint density at radius 3 is 2.89 bits per heavy atom. The van der Waals surface area contributed by atoms with E-state index in [1.807, 2.05) is 12.1 Å². The topological polar surface area (TPSA) is 130 Å². The summed E-state index contributed by atoms with van der Waals surface area (Å²) in [5.41, 5.74) is 2.51. The lowest BCUT2D eigenvalue weighted by molar-refractivity contribution is -0.124. The monoisotopic (exact) mass is 493 g/mol. The van der Waals surface area contributed by atoms with E-state index in [0.29, 0.717) is 22.7 Å². The standard InChI is InChI=1S/C24H24FN7O4/c1-13-8-27-22(33)18-11-29-32-12-19(14-3-5-17(6-4-14)30-24(34)35-2)20(31-21(18)32)26-9-15-7-16(25)10-28-23(15)36-13/h3-7,10-13,18,21H,8-9H2,1-2H3,(H,26,31)(H,27,33)(H,30,34)/t13-,18?,21?/m0/s1. The summed E-state index contributed by atoms with van der Waals surface area (Å²) in [4.78, 5) is 33.2. The molecule has 0 fully saturated rings. The Balaban J connectivity index is 1.53. The maximum Gasteiger partial charge on any atom is 0.411 e. The molecule has 3 aliphatic rings. The van der Waals surface area contributed by atoms with E-state index in [4.69, 9.17) is 9.73 Å². The van der Waals surface area contributed by atoms with Crippen molar-refractivity contribution in [2.45, 2.75) is 25.7 Å². The molecule has 2 amide bonds. The number of nitrogens with one attached hydrogen (secondary N) is 3. The van der Waals surface area contributed by atoms with Gasteiger partial charge in [0.2, 0.25) is 11.8 Å². The third-order valence-electron chi connectivity index (χ3n) is 5.89. The molecule has 0 aliphatic carbocycles. The molecule has 2 aromatic rings. The number of ether oxygens (including phenoxy) is 2. The van der Waals surface area contributed by atoms with Crippen molar-refractivity contribution >= 4 is 35.3 Å². The van der Waals surface area contributed by atoms with E-state index < -0.39 is 30.1 Å². The van der Waals surface area contributed by atoms with Crippen molar-refractivity contribution in [3.8, 4) is 5.88 Å². The molecule has 0 saturated heterocycles. The average Bonchev–Trinajstić information content (AvgIpc) is 3.29. The molecule has 11 nitrogen and oxygen atoms in total. The number of nitrogens with zero attached hydrogens (tertiary/aromatic N) is 4. The van der Waals surface area contributed by atoms with Gasteiger partial charge in [-0.25, -0.2) is 19.2 Å². The highest BCUT2D eigenvalue weighted by Crippen LogP contribution is 2.29. The van der Waals surface area contributed by atoms with Crippen LogP contribution in [0.4, 0.5) is 14.9 Å². The van der Waals surface area contributed by atoms with E-state index in [2.05, 4.69) is 30.8 Å². The van der Waals surface area contributed by atoms with Gasteiger partial charge >= 0.3 is 6.09 Å². The Morgan fingerprint density at radius 1 is 1.31 bits per heavy atom. The smallest absolute Gasteiger partial charge is 0.411 e. The Hall–Kier alpha value is -4.48. The zero-order chi connectivity index (χ0) is 25.2. The highest BCUT2D eigenvalue weighted by Gasteiger charge is 2.39. The first-order valence-corrected chi connectivity index (χ1v) is 11.3. The molecule has 186 valence electrons. The summed E-state index contributed by atoms with van der Waals surface area (Å²) in [6.07, 6.45) is 3.03. The van der Waals surface area contributed by atoms with E-state index in [0.717, 1.165) is 11.8 Å². The summed E-state index contributed by atoms with van der Waals surface area (Å²) < 4.78 is 24.5. The van der Waals surface area contributed by atoms with Crippen LogP contribution in [0.1, 0.15) is 18.1 Å². The van der Waals surface area contributed by atoms with Gasteiger partial charge in [-0.15, -0.1) is 0 Å². The van der Waals surface area contributed by atoms with Crippen molar-refractivity contribution in [1.29, 1.82) is 0 Å². The summed E-state index contributed by atoms with van der Waals surface area (Å²) in [6, 6.07) is 8.42. The lowest BCUT2D eigenvalue weighted by Crippen LogP contribution is -2.53. The number of aromatic nitrogens is 1. The predicted octanol–water partition coefficient (Wildman–Crippen LogP) is 2.08. The number of pyridine rings is 1. The van der Waals surface area contributed by atoms with Gasteiger partial charge < -0.3 is 20.1 Å². The summed E-state index contributed by atoms with van der Waals surface area (Å²) in [6.45, 7) is 2.13. The van der Waals surface area contributed by atoms with E-state index in [1.165, 1.54) is 13.2 Å². The molecule has 3 atom stereocenters. The number of carbonyl (C=O) groups is 2. The summed E-state index contributed by atoms with van der Waals surface area (Å²) >= 11 is 0. The number of benzene rings is 1. The van der Waals surface area contributed by atoms with Gasteiger partial charge in [-0.05, 0) is 30.7 Å². The number of rotatable bonds is 2. The van der Waals surface area contributed by atoms with Crippen molar-refractivity contribution in [1.82, 2.24) is 20.6 Å². The highest BCUT2D eigenvalue weighted by molar-refractivity contribution is 6.23. The van der Waals surface area contributed by atoms with Crippen LogP contribution in [0.25, 0.3) is 5.57 Å². The van der Waals surface area contributed by atoms with Gasteiger partial charge in [0, 0.05) is 29.2 Å². The SMILES string of the molecule is COC(=O)Nc1ccc(C2=CN3N=CC4C(=O)NC[C@H](C)Oc5ncc(F)cc5CN=C2NC43)cc1. The fraction of sp³-hybridized carbons (Fsp3) is 0.292. The van der Waals surface area contributed by atoms with Crippen LogP contribution in [-0.4, -0.2) is 60.0 Å². The second-order valence-electron chi connectivity index (χ2n) is 8.45. The summed E-state index contributed by atoms with van der Waals surface area (Å²) in [5.74, 6) is -0.527. The quantitative estimate of drug-likeness (QED) is 0.584. The lowest BCUT2D eigenvalue weighted by atomic mass is 10.0. The molecular formula is C24H24FN7O4. The average molecular weight is 493 g/mol. The molecule has 4 heterocycles. The molecule has 2 bridgehead atoms. The van der Waals surface area contributed by atoms with Crippen LogP contribution in [-0.2, 0) is 16.1 Å². The third-order valence-corrected chi connectivity index (χ3v) is 5.89. The summed E-state index contributed by atoms with van der Waals surface area (Å²) in [5, 5.41) is 14.9. The van der Waals surface area contributed by atoms with Crippen molar-refractivity contribution in [3.05, 3.63) is 59.7 Å². The third kappa shape index (κ3) is 4.69. The molecule has 12 heteroatoms. The largest absolute Gasteiger partial charge is 0.473 e. The van der Waals surface area contributed by atoms with Crippen LogP contribution in [0.15, 0.2) is 52.8 Å². The number of fused-ring (bicyclic) bond motifs is 2. The van der Waals surface area contributed by atoms with Crippen LogP contribution < -0.4 is 20.7 Å². The zero-order valence-corrected chi connectivity index (χ0v) is 19.6. The van der Waals surface area contributed by atoms with Crippen LogP contribution in [0.3, 0.4) is 0 Å². The number of halogens is 1. The first kappa shape index (κ1) is 23.3. The van der Waals surface area contributed by atoms with Gasteiger partial charge in [0.25, 0.3) is 0 Å². The number of anilines is 1. The number of hydrogen-bond donors (Lipinski definition) is 3. The first-order chi connectivity index (χ1) is 17.4. The molecular weight excluding hydrogens is 469 g/mol. The minimum atomic E-state index is -0.574. The van der Waals surface area contributed by atoms with Gasteiger partial charge in [0.05, 0.1) is 26.4 Å². The predicted molar refractivity (Wildman–Crippen MR) is 130 cm³/mol. The molecule has 1 aromatic carbocycles. The van der Waals surface area contributed by atoms with Crippen LogP contribution >= 0.6 is 0 Å². The van der Waals surface area contributed by atoms with Gasteiger partial charge in [0.1, 0.15) is 29.8 Å². The van der Waals surface area contributed by atoms with E-state index in [-0.39, 0.29) is 24.9 Å². The molecule has 3 aliphatic heterocycles. The summed E-state index contributed by atoms with van der Waals surface area (Å²) in [7, 11) is 1.29. The second-order valence-corrected chi connectivity index (χ2v) is 8.45. The molecule has 1 aromatic heterocycles. The molecule has 5 rings (SSSR count). The molecule has 0 radical (unpaired) electrons. The maximum atomic E-state index is 14.0. The van der Waals surface area contributed by atoms with Crippen molar-refractivity contribution in [2.75, 3.05) is 19.0 Å². The fourth-order valence-corrected chi connectivity index (χ4v) is 4.05. The van der Waals surface area contributed by atoms with Crippen molar-refractivity contribution < 1.29 is 23.5 Å². The Kier molecular flexibility index (Phi) is 6.23. The minimum Gasteiger partial charge on any atom is -0.473 e. The minimum absolute atomic E-state index is 0.0914. The van der Waals surface area contributed by atoms with E-state index >= 15 is 0 Å². The van der Waals surface area contributed by atoms with Crippen LogP contribution in [0, 0.1) is 11.7 Å². The van der Waals surface area contributed by atoms with E-state index in [9.17, 15) is 14.0 Å². The first-order valence-electron chi connectivity index (χ1n) is 11.3. The number of amides is 2. The van der Waals surface area contributed by atoms with Gasteiger partial charge in [-0.2, -0.15) is 5.10 Å². The number of amidine groups is 1. The normalized spacial score (nSPS) is 22.8. The maximum absolute atomic E-state index is 14.0. The fourth-order valence-electron chi connectivity index (χ4n) is 4.05. The lowest BCUT2D eigenvalue weighted by Gasteiger charge is -2.33. The number of hydrogen-bond acceptors (Lipinski definition) is 9. The van der Waals surface area contributed by atoms with Gasteiger partial charge in [0.15, 0.2) is 0 Å². The molecule has 36 heavy (non-hydrogen) atoms. The number of methoxy groups -OCH3 is 1. The van der Waals surface area contributed by atoms with E-state index in [1.54, 1.807) is 36.5 Å².